The van der Waals surface area contributed by atoms with Gasteiger partial charge in [-0.15, -0.1) is 23.7 Å². The van der Waals surface area contributed by atoms with E-state index in [1.165, 1.54) is 15.3 Å². The van der Waals surface area contributed by atoms with Crippen LogP contribution in [0, 0.1) is 13.8 Å². The third kappa shape index (κ3) is 4.12. The number of hydrogen-bond acceptors (Lipinski definition) is 3. The Morgan fingerprint density at radius 3 is 2.62 bits per heavy atom. The topological polar surface area (TPSA) is 55.1 Å². The molecule has 1 aromatic heterocycles. The van der Waals surface area contributed by atoms with Crippen LogP contribution >= 0.6 is 23.7 Å². The second-order valence-corrected chi connectivity index (χ2v) is 5.16. The van der Waals surface area contributed by atoms with Gasteiger partial charge >= 0.3 is 0 Å². The summed E-state index contributed by atoms with van der Waals surface area (Å²) >= 11 is 1.76. The van der Waals surface area contributed by atoms with Crippen LogP contribution in [0.1, 0.15) is 34.7 Å². The van der Waals surface area contributed by atoms with Gasteiger partial charge < -0.3 is 11.1 Å². The van der Waals surface area contributed by atoms with Gasteiger partial charge in [-0.1, -0.05) is 0 Å². The van der Waals surface area contributed by atoms with E-state index in [4.69, 9.17) is 5.73 Å². The van der Waals surface area contributed by atoms with Crippen LogP contribution in [0.5, 0.6) is 0 Å². The third-order valence-electron chi connectivity index (χ3n) is 2.29. The largest absolute Gasteiger partial charge is 0.350 e. The van der Waals surface area contributed by atoms with Crippen molar-refractivity contribution in [3.05, 3.63) is 21.4 Å². The second-order valence-electron chi connectivity index (χ2n) is 3.70. The molecule has 3 nitrogen and oxygen atoms in total. The van der Waals surface area contributed by atoms with Gasteiger partial charge in [-0.25, -0.2) is 0 Å². The molecule has 0 spiro atoms. The fourth-order valence-corrected chi connectivity index (χ4v) is 2.63. The molecule has 92 valence electrons. The lowest BCUT2D eigenvalue weighted by molar-refractivity contribution is -0.121. The Labute approximate surface area is 107 Å². The second kappa shape index (κ2) is 6.89. The number of halogens is 1. The number of thiophene rings is 1. The standard InChI is InChI=1S/C11H18N2OS.ClH/c1-7-6-10(9(3)15-7)8(2)13-11(14)4-5-12;/h6,8H,4-5,12H2,1-3H3,(H,13,14);1H. The number of carbonyl (C=O) groups is 1. The maximum Gasteiger partial charge on any atom is 0.221 e. The number of aryl methyl sites for hydroxylation is 2. The minimum atomic E-state index is 0. The first-order valence-corrected chi connectivity index (χ1v) is 5.92. The van der Waals surface area contributed by atoms with Gasteiger partial charge in [-0.3, -0.25) is 4.79 Å². The van der Waals surface area contributed by atoms with Crippen molar-refractivity contribution in [1.82, 2.24) is 5.32 Å². The Hall–Kier alpha value is -0.580. The molecular weight excluding hydrogens is 244 g/mol. The van der Waals surface area contributed by atoms with E-state index in [9.17, 15) is 4.79 Å². The fraction of sp³-hybridized carbons (Fsp3) is 0.545. The predicted octanol–water partition coefficient (Wildman–Crippen LogP) is 2.31. The van der Waals surface area contributed by atoms with Crippen molar-refractivity contribution in [2.24, 2.45) is 5.73 Å². The quantitative estimate of drug-likeness (QED) is 0.875. The first kappa shape index (κ1) is 15.4. The van der Waals surface area contributed by atoms with Crippen molar-refractivity contribution in [1.29, 1.82) is 0 Å². The van der Waals surface area contributed by atoms with E-state index < -0.39 is 0 Å². The summed E-state index contributed by atoms with van der Waals surface area (Å²) in [4.78, 5) is 13.9. The van der Waals surface area contributed by atoms with Gasteiger partial charge in [0.15, 0.2) is 0 Å². The van der Waals surface area contributed by atoms with Gasteiger partial charge in [0.25, 0.3) is 0 Å². The average molecular weight is 263 g/mol. The number of hydrogen-bond donors (Lipinski definition) is 2. The molecule has 0 radical (unpaired) electrons. The van der Waals surface area contributed by atoms with Crippen LogP contribution < -0.4 is 11.1 Å². The van der Waals surface area contributed by atoms with Gasteiger partial charge in [0.05, 0.1) is 6.04 Å². The van der Waals surface area contributed by atoms with Crippen LogP contribution in [-0.4, -0.2) is 12.5 Å². The lowest BCUT2D eigenvalue weighted by Crippen LogP contribution is -2.28. The number of rotatable bonds is 4. The van der Waals surface area contributed by atoms with E-state index in [1.807, 2.05) is 6.92 Å². The molecule has 0 aliphatic carbocycles. The van der Waals surface area contributed by atoms with Crippen LogP contribution in [0.15, 0.2) is 6.07 Å². The summed E-state index contributed by atoms with van der Waals surface area (Å²) in [6.45, 7) is 6.57. The number of nitrogens with one attached hydrogen (secondary N) is 1. The SMILES string of the molecule is Cc1cc(C(C)NC(=O)CCN)c(C)s1.Cl. The number of amides is 1. The summed E-state index contributed by atoms with van der Waals surface area (Å²) in [5.41, 5.74) is 6.53. The Bertz CT molecular complexity index is 352. The summed E-state index contributed by atoms with van der Waals surface area (Å²) < 4.78 is 0. The Morgan fingerprint density at radius 2 is 2.19 bits per heavy atom. The zero-order chi connectivity index (χ0) is 11.4. The Morgan fingerprint density at radius 1 is 1.56 bits per heavy atom. The predicted molar refractivity (Wildman–Crippen MR) is 71.3 cm³/mol. The van der Waals surface area contributed by atoms with Crippen molar-refractivity contribution in [3.63, 3.8) is 0 Å². The van der Waals surface area contributed by atoms with E-state index in [-0.39, 0.29) is 24.4 Å². The fourth-order valence-electron chi connectivity index (χ4n) is 1.60. The molecule has 1 amide bonds. The van der Waals surface area contributed by atoms with Gasteiger partial charge in [0, 0.05) is 22.7 Å². The first-order chi connectivity index (χ1) is 7.04. The summed E-state index contributed by atoms with van der Waals surface area (Å²) in [5, 5.41) is 2.94. The van der Waals surface area contributed by atoms with Crippen LogP contribution in [0.2, 0.25) is 0 Å². The Kier molecular flexibility index (Phi) is 6.64. The van der Waals surface area contributed by atoms with E-state index in [2.05, 4.69) is 25.2 Å². The molecule has 16 heavy (non-hydrogen) atoms. The lowest BCUT2D eigenvalue weighted by atomic mass is 10.1. The zero-order valence-electron chi connectivity index (χ0n) is 9.87. The third-order valence-corrected chi connectivity index (χ3v) is 3.28. The van der Waals surface area contributed by atoms with Crippen LogP contribution in [0.3, 0.4) is 0 Å². The summed E-state index contributed by atoms with van der Waals surface area (Å²) in [6.07, 6.45) is 0.395. The van der Waals surface area contributed by atoms with E-state index in [0.29, 0.717) is 13.0 Å². The van der Waals surface area contributed by atoms with E-state index in [1.54, 1.807) is 11.3 Å². The molecule has 1 heterocycles. The summed E-state index contributed by atoms with van der Waals surface area (Å²) in [7, 11) is 0. The van der Waals surface area contributed by atoms with Gasteiger partial charge in [-0.05, 0) is 32.4 Å². The van der Waals surface area contributed by atoms with Crippen molar-refractivity contribution in [2.75, 3.05) is 6.54 Å². The van der Waals surface area contributed by atoms with Crippen molar-refractivity contribution >= 4 is 29.7 Å². The minimum absolute atomic E-state index is 0. The molecule has 3 N–H and O–H groups in total. The normalized spacial score (nSPS) is 11.8. The Balaban J connectivity index is 0.00000225. The smallest absolute Gasteiger partial charge is 0.221 e. The highest BCUT2D eigenvalue weighted by molar-refractivity contribution is 7.12. The molecule has 5 heteroatoms. The van der Waals surface area contributed by atoms with Crippen molar-refractivity contribution in [2.45, 2.75) is 33.2 Å². The highest BCUT2D eigenvalue weighted by Crippen LogP contribution is 2.25. The molecule has 0 fully saturated rings. The maximum atomic E-state index is 11.4. The van der Waals surface area contributed by atoms with Crippen molar-refractivity contribution in [3.8, 4) is 0 Å². The molecule has 0 saturated carbocycles. The molecule has 0 saturated heterocycles. The minimum Gasteiger partial charge on any atom is -0.350 e. The molecule has 0 aromatic carbocycles. The summed E-state index contributed by atoms with van der Waals surface area (Å²) in [6, 6.07) is 2.21. The summed E-state index contributed by atoms with van der Waals surface area (Å²) in [5.74, 6) is 0.0215. The van der Waals surface area contributed by atoms with Gasteiger partial charge in [-0.2, -0.15) is 0 Å². The number of nitrogens with two attached hydrogens (primary N) is 1. The number of carbonyl (C=O) groups excluding carboxylic acids is 1. The lowest BCUT2D eigenvalue weighted by Gasteiger charge is -2.13. The highest BCUT2D eigenvalue weighted by Gasteiger charge is 2.12. The highest BCUT2D eigenvalue weighted by atomic mass is 35.5. The molecule has 0 aliphatic rings. The molecule has 0 bridgehead atoms. The average Bonchev–Trinajstić information content (AvgIpc) is 2.45. The molecule has 0 aliphatic heterocycles. The van der Waals surface area contributed by atoms with E-state index >= 15 is 0 Å². The van der Waals surface area contributed by atoms with E-state index in [0.717, 1.165) is 0 Å². The van der Waals surface area contributed by atoms with Gasteiger partial charge in [0.2, 0.25) is 5.91 Å². The molecular formula is C11H19ClN2OS. The molecule has 1 rings (SSSR count). The van der Waals surface area contributed by atoms with Crippen molar-refractivity contribution < 1.29 is 4.79 Å². The monoisotopic (exact) mass is 262 g/mol. The first-order valence-electron chi connectivity index (χ1n) is 5.11. The molecule has 1 unspecified atom stereocenters. The van der Waals surface area contributed by atoms with Crippen LogP contribution in [0.25, 0.3) is 0 Å². The molecule has 1 aromatic rings. The van der Waals surface area contributed by atoms with Gasteiger partial charge in [0.1, 0.15) is 0 Å². The maximum absolute atomic E-state index is 11.4. The zero-order valence-corrected chi connectivity index (χ0v) is 11.5. The van der Waals surface area contributed by atoms with Crippen LogP contribution in [0.4, 0.5) is 0 Å². The molecule has 1 atom stereocenters. The van der Waals surface area contributed by atoms with Crippen LogP contribution in [-0.2, 0) is 4.79 Å².